The number of amides is 2. The number of nitrogens with one attached hydrogen (secondary N) is 1. The fourth-order valence-electron chi connectivity index (χ4n) is 1.90. The minimum absolute atomic E-state index is 0.0906. The molecule has 1 aromatic heterocycles. The van der Waals surface area contributed by atoms with Crippen LogP contribution < -0.4 is 5.32 Å². The van der Waals surface area contributed by atoms with Crippen molar-refractivity contribution in [3.05, 3.63) is 23.4 Å². The molecule has 0 unspecified atom stereocenters. The smallest absolute Gasteiger partial charge is 0.254 e. The van der Waals surface area contributed by atoms with Gasteiger partial charge in [-0.3, -0.25) is 9.59 Å². The predicted molar refractivity (Wildman–Crippen MR) is 70.0 cm³/mol. The van der Waals surface area contributed by atoms with E-state index in [-0.39, 0.29) is 23.3 Å². The van der Waals surface area contributed by atoms with Crippen LogP contribution in [0.1, 0.15) is 23.0 Å². The van der Waals surface area contributed by atoms with Crippen LogP contribution in [0.4, 0.5) is 5.82 Å². The van der Waals surface area contributed by atoms with E-state index in [1.54, 1.807) is 4.90 Å². The minimum atomic E-state index is -0.308. The third-order valence-electron chi connectivity index (χ3n) is 2.79. The Morgan fingerprint density at radius 1 is 1.40 bits per heavy atom. The van der Waals surface area contributed by atoms with Gasteiger partial charge in [0.15, 0.2) is 0 Å². The zero-order valence-corrected chi connectivity index (χ0v) is 11.0. The zero-order valence-electron chi connectivity index (χ0n) is 11.0. The topological polar surface area (TPSA) is 95.3 Å². The first-order valence-corrected chi connectivity index (χ1v) is 6.17. The molecule has 1 N–H and O–H groups in total. The summed E-state index contributed by atoms with van der Waals surface area (Å²) >= 11 is 0. The molecule has 104 valence electrons. The van der Waals surface area contributed by atoms with Gasteiger partial charge >= 0.3 is 0 Å². The Morgan fingerprint density at radius 2 is 2.10 bits per heavy atom. The van der Waals surface area contributed by atoms with Crippen LogP contribution >= 0.6 is 0 Å². The van der Waals surface area contributed by atoms with E-state index in [0.29, 0.717) is 31.9 Å². The van der Waals surface area contributed by atoms with Crippen LogP contribution in [0.2, 0.25) is 0 Å². The van der Waals surface area contributed by atoms with Crippen LogP contribution in [0.25, 0.3) is 0 Å². The van der Waals surface area contributed by atoms with E-state index in [0.717, 1.165) is 0 Å². The average Bonchev–Trinajstić information content (AvgIpc) is 2.46. The lowest BCUT2D eigenvalue weighted by Gasteiger charge is -2.27. The highest BCUT2D eigenvalue weighted by Crippen LogP contribution is 2.13. The molecule has 7 heteroatoms. The van der Waals surface area contributed by atoms with E-state index in [1.807, 2.05) is 6.07 Å². The molecule has 2 heterocycles. The number of nitrogens with zero attached hydrogens (tertiary/aromatic N) is 3. The molecule has 0 bridgehead atoms. The largest absolute Gasteiger partial charge is 0.378 e. The first-order valence-electron chi connectivity index (χ1n) is 6.17. The van der Waals surface area contributed by atoms with Crippen molar-refractivity contribution in [3.8, 4) is 6.07 Å². The third kappa shape index (κ3) is 3.30. The van der Waals surface area contributed by atoms with E-state index < -0.39 is 0 Å². The predicted octanol–water partition coefficient (Wildman–Crippen LogP) is 0.384. The fraction of sp³-hybridized carbons (Fsp3) is 0.385. The van der Waals surface area contributed by atoms with Crippen molar-refractivity contribution in [2.24, 2.45) is 0 Å². The van der Waals surface area contributed by atoms with Crippen molar-refractivity contribution < 1.29 is 14.3 Å². The Balaban J connectivity index is 2.27. The highest BCUT2D eigenvalue weighted by molar-refractivity contribution is 5.96. The van der Waals surface area contributed by atoms with Gasteiger partial charge in [0.25, 0.3) is 5.91 Å². The van der Waals surface area contributed by atoms with Crippen molar-refractivity contribution in [1.29, 1.82) is 5.26 Å². The number of carbonyl (C=O) groups is 2. The van der Waals surface area contributed by atoms with Gasteiger partial charge in [-0.1, -0.05) is 0 Å². The first kappa shape index (κ1) is 14.0. The molecule has 0 spiro atoms. The Labute approximate surface area is 116 Å². The second-order valence-corrected chi connectivity index (χ2v) is 4.32. The van der Waals surface area contributed by atoms with E-state index in [9.17, 15) is 9.59 Å². The molecule has 2 rings (SSSR count). The lowest BCUT2D eigenvalue weighted by Crippen LogP contribution is -2.40. The van der Waals surface area contributed by atoms with E-state index in [4.69, 9.17) is 10.00 Å². The van der Waals surface area contributed by atoms with Gasteiger partial charge in [-0.25, -0.2) is 4.98 Å². The number of aromatic nitrogens is 1. The average molecular weight is 274 g/mol. The molecular formula is C13H14N4O3. The van der Waals surface area contributed by atoms with E-state index in [1.165, 1.54) is 19.1 Å². The molecule has 7 nitrogen and oxygen atoms in total. The minimum Gasteiger partial charge on any atom is -0.378 e. The van der Waals surface area contributed by atoms with E-state index in [2.05, 4.69) is 10.3 Å². The Kier molecular flexibility index (Phi) is 4.27. The second-order valence-electron chi connectivity index (χ2n) is 4.32. The summed E-state index contributed by atoms with van der Waals surface area (Å²) in [7, 11) is 0. The standard InChI is InChI=1S/C13H14N4O3/c1-9(18)15-12-7-10(6-11(8-14)16-12)13(19)17-2-4-20-5-3-17/h6-7H,2-5H2,1H3,(H,15,16,18). The maximum Gasteiger partial charge on any atom is 0.254 e. The van der Waals surface area contributed by atoms with Gasteiger partial charge in [0.2, 0.25) is 5.91 Å². The van der Waals surface area contributed by atoms with Gasteiger partial charge in [0.1, 0.15) is 17.6 Å². The SMILES string of the molecule is CC(=O)Nc1cc(C(=O)N2CCOCC2)cc(C#N)n1. The second kappa shape index (κ2) is 6.12. The number of carbonyl (C=O) groups excluding carboxylic acids is 2. The van der Waals surface area contributed by atoms with Crippen molar-refractivity contribution in [2.45, 2.75) is 6.92 Å². The highest BCUT2D eigenvalue weighted by atomic mass is 16.5. The highest BCUT2D eigenvalue weighted by Gasteiger charge is 2.20. The molecule has 0 aromatic carbocycles. The summed E-state index contributed by atoms with van der Waals surface area (Å²) in [6.07, 6.45) is 0. The van der Waals surface area contributed by atoms with E-state index >= 15 is 0 Å². The summed E-state index contributed by atoms with van der Waals surface area (Å²) in [4.78, 5) is 29.0. The molecule has 1 aliphatic rings. The van der Waals surface area contributed by atoms with Gasteiger partial charge < -0.3 is 15.0 Å². The van der Waals surface area contributed by atoms with Gasteiger partial charge in [-0.05, 0) is 12.1 Å². The summed E-state index contributed by atoms with van der Waals surface area (Å²) in [6, 6.07) is 4.77. The lowest BCUT2D eigenvalue weighted by molar-refractivity contribution is -0.114. The van der Waals surface area contributed by atoms with Crippen LogP contribution in [0.5, 0.6) is 0 Å². The van der Waals surface area contributed by atoms with Gasteiger partial charge in [-0.15, -0.1) is 0 Å². The van der Waals surface area contributed by atoms with Crippen LogP contribution in [-0.2, 0) is 9.53 Å². The molecule has 0 radical (unpaired) electrons. The van der Waals surface area contributed by atoms with Crippen LogP contribution in [0.15, 0.2) is 12.1 Å². The molecule has 1 aliphatic heterocycles. The van der Waals surface area contributed by atoms with Crippen LogP contribution in [0, 0.1) is 11.3 Å². The van der Waals surface area contributed by atoms with Crippen molar-refractivity contribution >= 4 is 17.6 Å². The number of hydrogen-bond donors (Lipinski definition) is 1. The van der Waals surface area contributed by atoms with Crippen molar-refractivity contribution in [1.82, 2.24) is 9.88 Å². The zero-order chi connectivity index (χ0) is 14.5. The monoisotopic (exact) mass is 274 g/mol. The van der Waals surface area contributed by atoms with Crippen molar-refractivity contribution in [3.63, 3.8) is 0 Å². The normalized spacial score (nSPS) is 14.5. The summed E-state index contributed by atoms with van der Waals surface area (Å²) in [5.41, 5.74) is 0.426. The lowest BCUT2D eigenvalue weighted by atomic mass is 10.2. The molecule has 0 aliphatic carbocycles. The number of rotatable bonds is 2. The summed E-state index contributed by atoms with van der Waals surface area (Å²) in [6.45, 7) is 3.36. The number of morpholine rings is 1. The third-order valence-corrected chi connectivity index (χ3v) is 2.79. The fourth-order valence-corrected chi connectivity index (χ4v) is 1.90. The number of hydrogen-bond acceptors (Lipinski definition) is 5. The van der Waals surface area contributed by atoms with Gasteiger partial charge in [0.05, 0.1) is 13.2 Å². The Bertz CT molecular complexity index is 573. The molecule has 20 heavy (non-hydrogen) atoms. The number of pyridine rings is 1. The molecular weight excluding hydrogens is 260 g/mol. The van der Waals surface area contributed by atoms with Crippen LogP contribution in [-0.4, -0.2) is 48.0 Å². The summed E-state index contributed by atoms with van der Waals surface area (Å²) in [5, 5.41) is 11.4. The van der Waals surface area contributed by atoms with Gasteiger partial charge in [-0.2, -0.15) is 5.26 Å². The maximum absolute atomic E-state index is 12.3. The Hall–Kier alpha value is -2.46. The quantitative estimate of drug-likeness (QED) is 0.841. The molecule has 1 saturated heterocycles. The summed E-state index contributed by atoms with van der Waals surface area (Å²) < 4.78 is 5.19. The molecule has 1 aromatic rings. The van der Waals surface area contributed by atoms with Crippen LogP contribution in [0.3, 0.4) is 0 Å². The molecule has 0 saturated carbocycles. The maximum atomic E-state index is 12.3. The van der Waals surface area contributed by atoms with Crippen molar-refractivity contribution in [2.75, 3.05) is 31.6 Å². The van der Waals surface area contributed by atoms with Gasteiger partial charge in [0, 0.05) is 25.6 Å². The first-order chi connectivity index (χ1) is 9.60. The number of nitriles is 1. The number of ether oxygens (including phenoxy) is 1. The molecule has 0 atom stereocenters. The molecule has 1 fully saturated rings. The Morgan fingerprint density at radius 3 is 2.70 bits per heavy atom. The number of anilines is 1. The summed E-state index contributed by atoms with van der Waals surface area (Å²) in [5.74, 6) is -0.302. The molecule has 2 amide bonds.